The number of hydrogen-bond donors (Lipinski definition) is 2. The Bertz CT molecular complexity index is 800. The zero-order valence-corrected chi connectivity index (χ0v) is 18.5. The molecule has 0 spiro atoms. The van der Waals surface area contributed by atoms with Crippen LogP contribution in [0.2, 0.25) is 0 Å². The smallest absolute Gasteiger partial charge is 0.253 e. The summed E-state index contributed by atoms with van der Waals surface area (Å²) in [5, 5.41) is 18.7. The second-order valence-corrected chi connectivity index (χ2v) is 7.76. The number of rotatable bonds is 7. The molecule has 2 unspecified atom stereocenters. The first-order valence-corrected chi connectivity index (χ1v) is 10.2. The number of ether oxygens (including phenoxy) is 1. The van der Waals surface area contributed by atoms with Gasteiger partial charge >= 0.3 is 0 Å². The third-order valence-electron chi connectivity index (χ3n) is 4.55. The zero-order chi connectivity index (χ0) is 22.2. The van der Waals surface area contributed by atoms with E-state index in [1.807, 2.05) is 32.9 Å². The van der Waals surface area contributed by atoms with Gasteiger partial charge in [-0.05, 0) is 51.0 Å². The van der Waals surface area contributed by atoms with Crippen molar-refractivity contribution in [2.45, 2.75) is 46.6 Å². The topological polar surface area (TPSA) is 101 Å². The van der Waals surface area contributed by atoms with Crippen molar-refractivity contribution in [1.29, 1.82) is 0 Å². The fourth-order valence-electron chi connectivity index (χ4n) is 3.28. The Hall–Kier alpha value is -2.14. The van der Waals surface area contributed by atoms with Crippen molar-refractivity contribution in [3.05, 3.63) is 58.4 Å². The molecule has 0 radical (unpaired) electrons. The highest BCUT2D eigenvalue weighted by atomic mass is 31.1. The van der Waals surface area contributed by atoms with Gasteiger partial charge in [-0.25, -0.2) is 0 Å². The molecule has 0 saturated carbocycles. The van der Waals surface area contributed by atoms with Crippen molar-refractivity contribution in [3.8, 4) is 0 Å². The van der Waals surface area contributed by atoms with Gasteiger partial charge in [-0.3, -0.25) is 14.2 Å². The van der Waals surface area contributed by atoms with E-state index in [4.69, 9.17) is 9.84 Å². The molecule has 2 N–H and O–H groups in total. The molecule has 1 aliphatic rings. The SMILES string of the molecule is CCC(=O)C1C=CC(OCCO)=CC1(C)O.Cc1cc(C)c(C(=O)P=O)c(C)c1. The first kappa shape index (κ1) is 24.9. The maximum Gasteiger partial charge on any atom is 0.253 e. The van der Waals surface area contributed by atoms with Crippen LogP contribution in [0.4, 0.5) is 0 Å². The monoisotopic (exact) mass is 420 g/mol. The van der Waals surface area contributed by atoms with E-state index >= 15 is 0 Å². The van der Waals surface area contributed by atoms with Crippen molar-refractivity contribution in [3.63, 3.8) is 0 Å². The van der Waals surface area contributed by atoms with Gasteiger partial charge in [0.2, 0.25) is 8.46 Å². The summed E-state index contributed by atoms with van der Waals surface area (Å²) < 4.78 is 15.6. The predicted octanol–water partition coefficient (Wildman–Crippen LogP) is 3.84. The largest absolute Gasteiger partial charge is 0.491 e. The van der Waals surface area contributed by atoms with Gasteiger partial charge in [-0.15, -0.1) is 0 Å². The highest BCUT2D eigenvalue weighted by molar-refractivity contribution is 7.47. The molecular formula is C22H29O6P. The molecule has 0 fully saturated rings. The van der Waals surface area contributed by atoms with Crippen LogP contribution in [0.15, 0.2) is 36.1 Å². The van der Waals surface area contributed by atoms with Crippen LogP contribution in [0.3, 0.4) is 0 Å². The summed E-state index contributed by atoms with van der Waals surface area (Å²) in [4.78, 5) is 22.8. The third kappa shape index (κ3) is 7.00. The summed E-state index contributed by atoms with van der Waals surface area (Å²) in [5.74, 6) is -0.0307. The molecule has 0 aromatic heterocycles. The fraction of sp³-hybridized carbons (Fsp3) is 0.455. The first-order chi connectivity index (χ1) is 13.6. The van der Waals surface area contributed by atoms with Gasteiger partial charge in [-0.1, -0.05) is 30.7 Å². The Balaban J connectivity index is 0.000000296. The molecule has 1 aromatic rings. The summed E-state index contributed by atoms with van der Waals surface area (Å²) in [7, 11) is -0.434. The van der Waals surface area contributed by atoms with E-state index in [0.29, 0.717) is 17.7 Å². The normalized spacial score (nSPS) is 20.5. The van der Waals surface area contributed by atoms with Crippen molar-refractivity contribution < 1.29 is 29.1 Å². The highest BCUT2D eigenvalue weighted by Gasteiger charge is 2.35. The second-order valence-electron chi connectivity index (χ2n) is 7.17. The Kier molecular flexibility index (Phi) is 9.57. The van der Waals surface area contributed by atoms with Gasteiger partial charge in [0, 0.05) is 12.0 Å². The van der Waals surface area contributed by atoms with Crippen molar-refractivity contribution >= 4 is 19.8 Å². The fourth-order valence-corrected chi connectivity index (χ4v) is 3.73. The van der Waals surface area contributed by atoms with Crippen molar-refractivity contribution in [2.24, 2.45) is 5.92 Å². The average Bonchev–Trinajstić information content (AvgIpc) is 2.64. The molecule has 0 amide bonds. The summed E-state index contributed by atoms with van der Waals surface area (Å²) in [6.07, 6.45) is 5.22. The molecule has 1 aliphatic carbocycles. The lowest BCUT2D eigenvalue weighted by atomic mass is 9.81. The number of allylic oxidation sites excluding steroid dienone is 1. The van der Waals surface area contributed by atoms with Crippen molar-refractivity contribution in [2.75, 3.05) is 13.2 Å². The van der Waals surface area contributed by atoms with Crippen LogP contribution in [0.1, 0.15) is 47.3 Å². The molecule has 6 nitrogen and oxygen atoms in total. The van der Waals surface area contributed by atoms with E-state index < -0.39 is 20.0 Å². The molecule has 2 rings (SSSR count). The number of aliphatic hydroxyl groups excluding tert-OH is 1. The van der Waals surface area contributed by atoms with E-state index in [1.54, 1.807) is 26.0 Å². The molecule has 0 heterocycles. The van der Waals surface area contributed by atoms with Crippen LogP contribution in [-0.4, -0.2) is 40.3 Å². The van der Waals surface area contributed by atoms with E-state index in [1.165, 1.54) is 6.08 Å². The lowest BCUT2D eigenvalue weighted by Gasteiger charge is -2.30. The Morgan fingerprint density at radius 3 is 2.24 bits per heavy atom. The quantitative estimate of drug-likeness (QED) is 0.650. The van der Waals surface area contributed by atoms with Gasteiger partial charge in [0.05, 0.1) is 18.1 Å². The molecule has 0 aliphatic heterocycles. The third-order valence-corrected chi connectivity index (χ3v) is 4.94. The molecule has 2 atom stereocenters. The van der Waals surface area contributed by atoms with Crippen LogP contribution in [0.25, 0.3) is 0 Å². The molecule has 1 aromatic carbocycles. The average molecular weight is 420 g/mol. The van der Waals surface area contributed by atoms with Crippen LogP contribution >= 0.6 is 8.46 Å². The van der Waals surface area contributed by atoms with E-state index in [9.17, 15) is 19.3 Å². The summed E-state index contributed by atoms with van der Waals surface area (Å²) in [6, 6.07) is 3.84. The Morgan fingerprint density at radius 2 is 1.79 bits per heavy atom. The Labute approximate surface area is 173 Å². The van der Waals surface area contributed by atoms with Gasteiger partial charge in [0.15, 0.2) is 0 Å². The Morgan fingerprint density at radius 1 is 1.21 bits per heavy atom. The second kappa shape index (κ2) is 11.1. The molecular weight excluding hydrogens is 391 g/mol. The van der Waals surface area contributed by atoms with Crippen LogP contribution < -0.4 is 0 Å². The summed E-state index contributed by atoms with van der Waals surface area (Å²) >= 11 is 0. The van der Waals surface area contributed by atoms with Gasteiger partial charge in [-0.2, -0.15) is 0 Å². The minimum Gasteiger partial charge on any atom is -0.491 e. The maximum atomic E-state index is 11.6. The van der Waals surface area contributed by atoms with Crippen LogP contribution in [0, 0.1) is 26.7 Å². The zero-order valence-electron chi connectivity index (χ0n) is 17.6. The summed E-state index contributed by atoms with van der Waals surface area (Å²) in [5.41, 5.74) is 1.94. The summed E-state index contributed by atoms with van der Waals surface area (Å²) in [6.45, 7) is 9.15. The van der Waals surface area contributed by atoms with Crippen molar-refractivity contribution in [1.82, 2.24) is 0 Å². The lowest BCUT2D eigenvalue weighted by Crippen LogP contribution is -2.38. The van der Waals surface area contributed by atoms with Crippen LogP contribution in [-0.2, 0) is 14.1 Å². The highest BCUT2D eigenvalue weighted by Crippen LogP contribution is 2.29. The number of hydrogen-bond acceptors (Lipinski definition) is 6. The van der Waals surface area contributed by atoms with E-state index in [0.717, 1.165) is 16.7 Å². The molecule has 7 heteroatoms. The van der Waals surface area contributed by atoms with Gasteiger partial charge in [0.1, 0.15) is 18.1 Å². The molecule has 0 saturated heterocycles. The van der Waals surface area contributed by atoms with E-state index in [2.05, 4.69) is 0 Å². The van der Waals surface area contributed by atoms with E-state index in [-0.39, 0.29) is 24.5 Å². The minimum absolute atomic E-state index is 0.00120. The minimum atomic E-state index is -1.22. The van der Waals surface area contributed by atoms with Crippen LogP contribution in [0.5, 0.6) is 0 Å². The lowest BCUT2D eigenvalue weighted by molar-refractivity contribution is -0.126. The van der Waals surface area contributed by atoms with Gasteiger partial charge in [0.25, 0.3) is 5.52 Å². The number of aryl methyl sites for hydroxylation is 3. The number of aliphatic hydroxyl groups is 2. The molecule has 0 bridgehead atoms. The van der Waals surface area contributed by atoms with Gasteiger partial charge < -0.3 is 14.9 Å². The molecule has 29 heavy (non-hydrogen) atoms. The number of Topliss-reactive ketones (excluding diaryl/α,β-unsaturated/α-hetero) is 1. The number of ketones is 1. The number of benzene rings is 1. The predicted molar refractivity (Wildman–Crippen MR) is 112 cm³/mol. The maximum absolute atomic E-state index is 11.6. The first-order valence-electron chi connectivity index (χ1n) is 9.42. The molecule has 158 valence electrons. The standard InChI is InChI=1S/C12H18O4.C10H11O2P/c1-3-11(14)10-5-4-9(16-7-6-13)8-12(10,2)15;1-6-4-7(2)9(8(3)5-6)10(11)13-12/h4-5,8,10,13,15H,3,6-7H2,1-2H3;4-5H,1-3H3. The number of carbonyl (C=O) groups excluding carboxylic acids is 2. The number of carbonyl (C=O) groups is 2.